The van der Waals surface area contributed by atoms with Crippen LogP contribution < -0.4 is 9.46 Å². The van der Waals surface area contributed by atoms with Crippen LogP contribution in [-0.2, 0) is 17.1 Å². The molecule has 0 aliphatic heterocycles. The highest BCUT2D eigenvalue weighted by molar-refractivity contribution is 7.92. The predicted octanol–water partition coefficient (Wildman–Crippen LogP) is 1.14. The van der Waals surface area contributed by atoms with Gasteiger partial charge in [0.15, 0.2) is 10.7 Å². The lowest BCUT2D eigenvalue weighted by Gasteiger charge is -2.07. The van der Waals surface area contributed by atoms with Crippen LogP contribution in [0, 0.1) is 10.1 Å². The van der Waals surface area contributed by atoms with E-state index >= 15 is 0 Å². The minimum Gasteiger partial charge on any atom is -0.497 e. The highest BCUT2D eigenvalue weighted by atomic mass is 32.2. The third-order valence-electron chi connectivity index (χ3n) is 2.60. The number of aryl methyl sites for hydroxylation is 1. The van der Waals surface area contributed by atoms with Gasteiger partial charge >= 0.3 is 0 Å². The van der Waals surface area contributed by atoms with Crippen LogP contribution >= 0.6 is 0 Å². The first kappa shape index (κ1) is 14.8. The smallest absolute Gasteiger partial charge is 0.293 e. The van der Waals surface area contributed by atoms with Gasteiger partial charge < -0.3 is 4.74 Å². The first-order chi connectivity index (χ1) is 9.83. The Balaban J connectivity index is 2.46. The summed E-state index contributed by atoms with van der Waals surface area (Å²) >= 11 is 0. The van der Waals surface area contributed by atoms with Gasteiger partial charge in [0.1, 0.15) is 5.75 Å². The van der Waals surface area contributed by atoms with Crippen LogP contribution in [0.1, 0.15) is 0 Å². The van der Waals surface area contributed by atoms with E-state index in [0.717, 1.165) is 12.1 Å². The number of nitrogens with zero attached hydrogens (tertiary/aromatic N) is 3. The van der Waals surface area contributed by atoms with Crippen LogP contribution in [0.4, 0.5) is 11.5 Å². The number of nitro benzene ring substituents is 1. The zero-order valence-electron chi connectivity index (χ0n) is 11.2. The molecule has 2 aromatic rings. The molecule has 0 saturated heterocycles. The number of ether oxygens (including phenoxy) is 1. The van der Waals surface area contributed by atoms with E-state index in [4.69, 9.17) is 4.74 Å². The molecule has 10 heteroatoms. The quantitative estimate of drug-likeness (QED) is 0.653. The number of aromatic nitrogens is 2. The molecule has 0 saturated carbocycles. The number of anilines is 1. The van der Waals surface area contributed by atoms with E-state index in [9.17, 15) is 18.5 Å². The van der Waals surface area contributed by atoms with Gasteiger partial charge in [0.25, 0.3) is 15.7 Å². The topological polar surface area (TPSA) is 116 Å². The maximum absolute atomic E-state index is 12.2. The fraction of sp³-hybridized carbons (Fsp3) is 0.182. The molecular formula is C11H12N4O5S. The number of hydrogen-bond donors (Lipinski definition) is 1. The summed E-state index contributed by atoms with van der Waals surface area (Å²) in [7, 11) is -1.17. The molecule has 112 valence electrons. The van der Waals surface area contributed by atoms with Crippen molar-refractivity contribution in [1.82, 2.24) is 9.78 Å². The summed E-state index contributed by atoms with van der Waals surface area (Å²) in [6, 6.07) is 4.93. The van der Waals surface area contributed by atoms with Gasteiger partial charge in [-0.05, 0) is 12.1 Å². The number of hydrogen-bond acceptors (Lipinski definition) is 6. The molecule has 1 aromatic carbocycles. The number of nitrogens with one attached hydrogen (secondary N) is 1. The highest BCUT2D eigenvalue weighted by Gasteiger charge is 2.27. The molecule has 0 aliphatic rings. The molecular weight excluding hydrogens is 300 g/mol. The third kappa shape index (κ3) is 3.11. The highest BCUT2D eigenvalue weighted by Crippen LogP contribution is 2.29. The van der Waals surface area contributed by atoms with E-state index in [-0.39, 0.29) is 11.6 Å². The summed E-state index contributed by atoms with van der Waals surface area (Å²) in [5.41, 5.74) is -0.571. The molecule has 1 heterocycles. The average Bonchev–Trinajstić information content (AvgIpc) is 2.82. The van der Waals surface area contributed by atoms with Crippen LogP contribution in [0.25, 0.3) is 0 Å². The van der Waals surface area contributed by atoms with Crippen molar-refractivity contribution in [3.05, 3.63) is 40.6 Å². The molecule has 0 atom stereocenters. The number of rotatable bonds is 5. The Morgan fingerprint density at radius 2 is 2.10 bits per heavy atom. The van der Waals surface area contributed by atoms with Crippen molar-refractivity contribution >= 4 is 21.5 Å². The Hall–Kier alpha value is -2.62. The Bertz CT molecular complexity index is 784. The second-order valence-electron chi connectivity index (χ2n) is 4.07. The molecule has 0 amide bonds. The number of nitro groups is 1. The summed E-state index contributed by atoms with van der Waals surface area (Å²) in [6.07, 6.45) is 1.54. The zero-order valence-corrected chi connectivity index (χ0v) is 12.0. The Labute approximate surface area is 120 Å². The zero-order chi connectivity index (χ0) is 15.6. The van der Waals surface area contributed by atoms with Crippen LogP contribution in [0.15, 0.2) is 35.4 Å². The van der Waals surface area contributed by atoms with Crippen molar-refractivity contribution < 1.29 is 18.1 Å². The summed E-state index contributed by atoms with van der Waals surface area (Å²) in [5.74, 6) is 0.265. The van der Waals surface area contributed by atoms with Crippen molar-refractivity contribution in [3.8, 4) is 5.75 Å². The van der Waals surface area contributed by atoms with Crippen molar-refractivity contribution in [3.63, 3.8) is 0 Å². The predicted molar refractivity (Wildman–Crippen MR) is 73.7 cm³/mol. The molecule has 0 bridgehead atoms. The van der Waals surface area contributed by atoms with E-state index in [1.165, 1.54) is 23.9 Å². The normalized spacial score (nSPS) is 11.1. The van der Waals surface area contributed by atoms with E-state index in [1.807, 2.05) is 0 Å². The molecule has 0 spiro atoms. The van der Waals surface area contributed by atoms with Crippen molar-refractivity contribution in [2.24, 2.45) is 7.05 Å². The maximum atomic E-state index is 12.2. The van der Waals surface area contributed by atoms with Gasteiger partial charge in [-0.1, -0.05) is 0 Å². The molecule has 0 fully saturated rings. The number of methoxy groups -OCH3 is 1. The van der Waals surface area contributed by atoms with E-state index in [0.29, 0.717) is 0 Å². The molecule has 0 radical (unpaired) electrons. The summed E-state index contributed by atoms with van der Waals surface area (Å²) < 4.78 is 32.9. The summed E-state index contributed by atoms with van der Waals surface area (Å²) in [5, 5.41) is 14.9. The van der Waals surface area contributed by atoms with Crippen molar-refractivity contribution in [2.45, 2.75) is 4.90 Å². The second kappa shape index (κ2) is 5.40. The summed E-state index contributed by atoms with van der Waals surface area (Å²) in [4.78, 5) is 9.79. The maximum Gasteiger partial charge on any atom is 0.293 e. The lowest BCUT2D eigenvalue weighted by atomic mass is 10.3. The SMILES string of the molecule is COc1ccc(S(=O)(=O)Nc2ccn(C)n2)c([N+](=O)[O-])c1. The van der Waals surface area contributed by atoms with Gasteiger partial charge in [-0.15, -0.1) is 0 Å². The standard InChI is InChI=1S/C11H12N4O5S/c1-14-6-5-11(12-14)13-21(18,19)10-4-3-8(20-2)7-9(10)15(16)17/h3-7H,1-2H3,(H,12,13). The van der Waals surface area contributed by atoms with Gasteiger partial charge in [-0.2, -0.15) is 5.10 Å². The molecule has 1 N–H and O–H groups in total. The van der Waals surface area contributed by atoms with Crippen molar-refractivity contribution in [2.75, 3.05) is 11.8 Å². The Morgan fingerprint density at radius 3 is 2.62 bits per heavy atom. The largest absolute Gasteiger partial charge is 0.497 e. The first-order valence-electron chi connectivity index (χ1n) is 5.68. The van der Waals surface area contributed by atoms with Gasteiger partial charge in [0.2, 0.25) is 0 Å². The second-order valence-corrected chi connectivity index (χ2v) is 5.72. The Morgan fingerprint density at radius 1 is 1.38 bits per heavy atom. The molecule has 9 nitrogen and oxygen atoms in total. The molecule has 2 rings (SSSR count). The number of sulfonamides is 1. The van der Waals surface area contributed by atoms with E-state index in [1.54, 1.807) is 13.2 Å². The lowest BCUT2D eigenvalue weighted by molar-refractivity contribution is -0.387. The molecule has 0 unspecified atom stereocenters. The van der Waals surface area contributed by atoms with Crippen LogP contribution in [0.3, 0.4) is 0 Å². The minimum absolute atomic E-state index is 0.0719. The average molecular weight is 312 g/mol. The molecule has 0 aliphatic carbocycles. The fourth-order valence-corrected chi connectivity index (χ4v) is 2.81. The van der Waals surface area contributed by atoms with Gasteiger partial charge in [-0.25, -0.2) is 8.42 Å². The third-order valence-corrected chi connectivity index (χ3v) is 4.01. The van der Waals surface area contributed by atoms with Crippen LogP contribution in [0.2, 0.25) is 0 Å². The van der Waals surface area contributed by atoms with Gasteiger partial charge in [-0.3, -0.25) is 19.5 Å². The molecule has 21 heavy (non-hydrogen) atoms. The van der Waals surface area contributed by atoms with Gasteiger partial charge in [0, 0.05) is 19.3 Å². The number of benzene rings is 1. The summed E-state index contributed by atoms with van der Waals surface area (Å²) in [6.45, 7) is 0. The van der Waals surface area contributed by atoms with Crippen molar-refractivity contribution in [1.29, 1.82) is 0 Å². The Kier molecular flexibility index (Phi) is 3.80. The van der Waals surface area contributed by atoms with Crippen LogP contribution in [-0.4, -0.2) is 30.2 Å². The van der Waals surface area contributed by atoms with Gasteiger partial charge in [0.05, 0.1) is 18.1 Å². The van der Waals surface area contributed by atoms with Crippen LogP contribution in [0.5, 0.6) is 5.75 Å². The lowest BCUT2D eigenvalue weighted by Crippen LogP contribution is -2.15. The van der Waals surface area contributed by atoms with E-state index < -0.39 is 25.5 Å². The molecule has 1 aromatic heterocycles. The monoisotopic (exact) mass is 312 g/mol. The first-order valence-corrected chi connectivity index (χ1v) is 7.16. The fourth-order valence-electron chi connectivity index (χ4n) is 1.66. The van der Waals surface area contributed by atoms with E-state index in [2.05, 4.69) is 9.82 Å². The minimum atomic E-state index is -4.12.